The van der Waals surface area contributed by atoms with E-state index in [9.17, 15) is 48.3 Å². The minimum Gasteiger partial charge on any atom is -0.462 e. The van der Waals surface area contributed by atoms with Crippen molar-refractivity contribution in [3.8, 4) is 0 Å². The highest BCUT2D eigenvalue weighted by molar-refractivity contribution is 7.61. The van der Waals surface area contributed by atoms with Crippen molar-refractivity contribution in [1.29, 1.82) is 0 Å². The van der Waals surface area contributed by atoms with Gasteiger partial charge in [-0.05, 0) is 50.2 Å². The van der Waals surface area contributed by atoms with Crippen molar-refractivity contribution in [3.63, 3.8) is 0 Å². The van der Waals surface area contributed by atoms with Crippen molar-refractivity contribution in [3.05, 3.63) is 47.1 Å². The van der Waals surface area contributed by atoms with E-state index in [2.05, 4.69) is 30.1 Å². The molecule has 19 nitrogen and oxygen atoms in total. The molecule has 1 fully saturated rings. The second-order valence-electron chi connectivity index (χ2n) is 16.8. The lowest BCUT2D eigenvalue weighted by molar-refractivity contribution is -0.161. The Kier molecular flexibility index (Phi) is 29.1. The van der Waals surface area contributed by atoms with Crippen LogP contribution in [-0.2, 0) is 51.1 Å². The Bertz CT molecular complexity index is 1760. The molecule has 0 bridgehead atoms. The number of aliphatic hydroxyl groups excluding tert-OH is 2. The SMILES string of the molecule is CCCCCC(=O)/C=C/C=C\CCCCCCCC(=O)O[C@H](COC(=O)CCCCCCCCCCC(C)C)COP(=O)(O)OP(=O)(O)OC[C@H]1O[C@@H](n2ccc(N)nc2=O)[C@H](O)[C@@H]1O. The standard InChI is InChI=1S/C44H75N3O16P2/c1-4-5-19-25-35(48)26-21-16-12-7-6-8-14-18-23-28-40(50)61-36(31-58-39(49)27-22-17-13-10-9-11-15-20-24-34(2)3)32-59-64(54,55)63-65(56,57)60-33-37-41(51)42(52)43(62-37)47-30-29-38(45)46-44(47)53/h12,16,21,26,29-30,34,36-37,41-43,51-52H,4-11,13-15,17-20,22-25,27-28,31-33H2,1-3H3,(H,54,55)(H,56,57)(H2,45,46,53)/b16-12-,26-21+/t36-,37-,41-,42-,43-/m1/s1. The number of phosphoric ester groups is 2. The molecule has 0 aromatic carbocycles. The first-order valence-corrected chi connectivity index (χ1v) is 26.2. The first-order chi connectivity index (χ1) is 30.9. The maximum Gasteiger partial charge on any atom is 0.481 e. The molecule has 6 N–H and O–H groups in total. The third-order valence-electron chi connectivity index (χ3n) is 10.4. The molecule has 1 aromatic rings. The van der Waals surface area contributed by atoms with Crippen LogP contribution in [0.1, 0.15) is 162 Å². The van der Waals surface area contributed by atoms with Crippen LogP contribution in [0.4, 0.5) is 5.82 Å². The maximum atomic E-state index is 12.8. The van der Waals surface area contributed by atoms with E-state index in [0.29, 0.717) is 25.2 Å². The number of aromatic nitrogens is 2. The lowest BCUT2D eigenvalue weighted by Crippen LogP contribution is -2.36. The Balaban J connectivity index is 1.85. The normalized spacial score (nSPS) is 20.0. The van der Waals surface area contributed by atoms with Crippen LogP contribution in [0.2, 0.25) is 0 Å². The molecule has 2 heterocycles. The molecule has 0 saturated carbocycles. The summed E-state index contributed by atoms with van der Waals surface area (Å²) in [7, 11) is -10.9. The number of nitrogens with two attached hydrogens (primary N) is 1. The molecule has 21 heteroatoms. The number of nitrogen functional groups attached to an aromatic ring is 1. The van der Waals surface area contributed by atoms with Gasteiger partial charge in [0.05, 0.1) is 13.2 Å². The number of carbonyl (C=O) groups is 3. The smallest absolute Gasteiger partial charge is 0.462 e. The molecule has 372 valence electrons. The lowest BCUT2D eigenvalue weighted by atomic mass is 10.0. The molecular weight excluding hydrogens is 888 g/mol. The Labute approximate surface area is 383 Å². The van der Waals surface area contributed by atoms with Gasteiger partial charge in [-0.3, -0.25) is 28.0 Å². The summed E-state index contributed by atoms with van der Waals surface area (Å²) >= 11 is 0. The van der Waals surface area contributed by atoms with Gasteiger partial charge in [-0.15, -0.1) is 0 Å². The molecule has 7 atom stereocenters. The summed E-state index contributed by atoms with van der Waals surface area (Å²) in [4.78, 5) is 73.5. The van der Waals surface area contributed by atoms with Gasteiger partial charge in [-0.1, -0.05) is 122 Å². The van der Waals surface area contributed by atoms with Crippen molar-refractivity contribution in [2.24, 2.45) is 5.92 Å². The van der Waals surface area contributed by atoms with Crippen molar-refractivity contribution >= 4 is 39.2 Å². The molecule has 1 aliphatic heterocycles. The minimum absolute atomic E-state index is 0.000240. The van der Waals surface area contributed by atoms with E-state index in [1.807, 2.05) is 12.2 Å². The van der Waals surface area contributed by atoms with E-state index in [-0.39, 0.29) is 24.4 Å². The molecule has 2 unspecified atom stereocenters. The van der Waals surface area contributed by atoms with Crippen molar-refractivity contribution in [2.75, 3.05) is 25.6 Å². The molecule has 0 spiro atoms. The Morgan fingerprint density at radius 3 is 2.06 bits per heavy atom. The molecular formula is C44H75N3O16P2. The van der Waals surface area contributed by atoms with E-state index in [1.54, 1.807) is 12.2 Å². The van der Waals surface area contributed by atoms with Gasteiger partial charge in [0.15, 0.2) is 18.1 Å². The number of anilines is 1. The van der Waals surface area contributed by atoms with Crippen LogP contribution in [0.15, 0.2) is 41.4 Å². The van der Waals surface area contributed by atoms with E-state index in [4.69, 9.17) is 29.0 Å². The molecule has 0 amide bonds. The van der Waals surface area contributed by atoms with Gasteiger partial charge in [0.25, 0.3) is 0 Å². The van der Waals surface area contributed by atoms with Crippen molar-refractivity contribution in [1.82, 2.24) is 9.55 Å². The average molecular weight is 964 g/mol. The third kappa shape index (κ3) is 26.7. The highest BCUT2D eigenvalue weighted by atomic mass is 31.3. The van der Waals surface area contributed by atoms with Gasteiger partial charge in [0.1, 0.15) is 30.7 Å². The summed E-state index contributed by atoms with van der Waals surface area (Å²) in [5, 5.41) is 20.9. The van der Waals surface area contributed by atoms with Crippen LogP contribution < -0.4 is 11.4 Å². The first-order valence-electron chi connectivity index (χ1n) is 23.2. The summed E-state index contributed by atoms with van der Waals surface area (Å²) in [6.07, 6.45) is 18.5. The highest BCUT2D eigenvalue weighted by Gasteiger charge is 2.46. The maximum absolute atomic E-state index is 12.8. The number of hydrogen-bond acceptors (Lipinski definition) is 16. The van der Waals surface area contributed by atoms with E-state index in [0.717, 1.165) is 87.8 Å². The Morgan fingerprint density at radius 1 is 0.815 bits per heavy atom. The zero-order valence-corrected chi connectivity index (χ0v) is 40.2. The van der Waals surface area contributed by atoms with Crippen molar-refractivity contribution < 1.29 is 71.1 Å². The van der Waals surface area contributed by atoms with Crippen LogP contribution in [0.5, 0.6) is 0 Å². The van der Waals surface area contributed by atoms with E-state index < -0.39 is 83.7 Å². The Morgan fingerprint density at radius 2 is 1.42 bits per heavy atom. The zero-order chi connectivity index (χ0) is 48.1. The molecule has 2 rings (SSSR count). The predicted octanol–water partition coefficient (Wildman–Crippen LogP) is 7.70. The van der Waals surface area contributed by atoms with E-state index >= 15 is 0 Å². The van der Waals surface area contributed by atoms with Crippen LogP contribution in [0.25, 0.3) is 0 Å². The molecule has 1 aliphatic rings. The van der Waals surface area contributed by atoms with Gasteiger partial charge >= 0.3 is 33.3 Å². The van der Waals surface area contributed by atoms with Gasteiger partial charge < -0.3 is 39.9 Å². The number of ether oxygens (including phenoxy) is 3. The third-order valence-corrected chi connectivity index (χ3v) is 13.0. The number of ketones is 1. The number of rotatable bonds is 37. The number of aliphatic hydroxyl groups is 2. The second-order valence-corrected chi connectivity index (χ2v) is 19.8. The summed E-state index contributed by atoms with van der Waals surface area (Å²) in [5.41, 5.74) is 4.57. The lowest BCUT2D eigenvalue weighted by Gasteiger charge is -2.21. The average Bonchev–Trinajstić information content (AvgIpc) is 3.52. The predicted molar refractivity (Wildman–Crippen MR) is 243 cm³/mol. The van der Waals surface area contributed by atoms with Crippen LogP contribution in [-0.4, -0.2) is 91.5 Å². The van der Waals surface area contributed by atoms with Crippen molar-refractivity contribution in [2.45, 2.75) is 186 Å². The zero-order valence-electron chi connectivity index (χ0n) is 38.5. The van der Waals surface area contributed by atoms with Gasteiger partial charge in [0.2, 0.25) is 0 Å². The number of hydrogen-bond donors (Lipinski definition) is 5. The first kappa shape index (κ1) is 58.0. The molecule has 0 aliphatic carbocycles. The number of nitrogens with zero attached hydrogens (tertiary/aromatic N) is 2. The highest BCUT2D eigenvalue weighted by Crippen LogP contribution is 2.60. The molecule has 65 heavy (non-hydrogen) atoms. The van der Waals surface area contributed by atoms with Crippen LogP contribution in [0, 0.1) is 5.92 Å². The second kappa shape index (κ2) is 32.6. The quantitative estimate of drug-likeness (QED) is 0.0140. The summed E-state index contributed by atoms with van der Waals surface area (Å²) in [5.74, 6) is -0.523. The monoisotopic (exact) mass is 963 g/mol. The molecule has 1 saturated heterocycles. The molecule has 0 radical (unpaired) electrons. The van der Waals surface area contributed by atoms with Gasteiger partial charge in [0, 0.05) is 25.5 Å². The summed E-state index contributed by atoms with van der Waals surface area (Å²) < 4.78 is 56.5. The van der Waals surface area contributed by atoms with Gasteiger partial charge in [-0.2, -0.15) is 9.29 Å². The summed E-state index contributed by atoms with van der Waals surface area (Å²) in [6, 6.07) is 1.24. The van der Waals surface area contributed by atoms with Crippen LogP contribution >= 0.6 is 15.6 Å². The number of unbranched alkanes of at least 4 members (excludes halogenated alkanes) is 14. The fourth-order valence-corrected chi connectivity index (χ4v) is 8.88. The fraction of sp³-hybridized carbons (Fsp3) is 0.750. The largest absolute Gasteiger partial charge is 0.481 e. The summed E-state index contributed by atoms with van der Waals surface area (Å²) in [6.45, 7) is 4.18. The van der Waals surface area contributed by atoms with E-state index in [1.165, 1.54) is 31.7 Å². The minimum atomic E-state index is -5.43. The fourth-order valence-electron chi connectivity index (χ4n) is 6.77. The Hall–Kier alpha value is -3.09. The number of allylic oxidation sites excluding steroid dienone is 4. The molecule has 1 aromatic heterocycles. The number of carbonyl (C=O) groups excluding carboxylic acids is 3. The van der Waals surface area contributed by atoms with Crippen LogP contribution in [0.3, 0.4) is 0 Å². The number of phosphoric acid groups is 2. The topological polar surface area (TPSA) is 283 Å². The van der Waals surface area contributed by atoms with Gasteiger partial charge in [-0.25, -0.2) is 13.9 Å². The number of esters is 2.